The van der Waals surface area contributed by atoms with Crippen LogP contribution in [0.1, 0.15) is 39.1 Å². The molecule has 7 nitrogen and oxygen atoms in total. The van der Waals surface area contributed by atoms with Crippen LogP contribution in [0.4, 0.5) is 10.5 Å². The summed E-state index contributed by atoms with van der Waals surface area (Å²) in [6.45, 7) is 6.64. The summed E-state index contributed by atoms with van der Waals surface area (Å²) in [6.07, 6.45) is 0.551. The third kappa shape index (κ3) is 5.15. The number of methoxy groups -OCH3 is 1. The number of benzene rings is 4. The molecular weight excluding hydrogens is 500 g/mol. The fourth-order valence-corrected chi connectivity index (χ4v) is 5.23. The molecule has 0 bridgehead atoms. The number of rotatable bonds is 8. The Bertz CT molecular complexity index is 1720. The Morgan fingerprint density at radius 2 is 1.60 bits per heavy atom. The summed E-state index contributed by atoms with van der Waals surface area (Å²) in [5, 5.41) is 5.67. The molecule has 1 aromatic heterocycles. The van der Waals surface area contributed by atoms with Gasteiger partial charge in [0.05, 0.1) is 35.4 Å². The van der Waals surface area contributed by atoms with Crippen molar-refractivity contribution in [3.63, 3.8) is 0 Å². The molecule has 1 atom stereocenters. The summed E-state index contributed by atoms with van der Waals surface area (Å²) in [7, 11) is 1.58. The number of amides is 2. The van der Waals surface area contributed by atoms with E-state index in [1.165, 1.54) is 0 Å². The Balaban J connectivity index is 1.68. The molecule has 5 aromatic rings. The molecule has 40 heavy (non-hydrogen) atoms. The van der Waals surface area contributed by atoms with Crippen molar-refractivity contribution >= 4 is 33.4 Å². The molecule has 0 spiro atoms. The zero-order chi connectivity index (χ0) is 28.2. The van der Waals surface area contributed by atoms with Crippen molar-refractivity contribution in [3.8, 4) is 11.4 Å². The number of para-hydroxylation sites is 3. The molecule has 2 amide bonds. The van der Waals surface area contributed by atoms with Gasteiger partial charge >= 0.3 is 6.03 Å². The van der Waals surface area contributed by atoms with E-state index in [1.807, 2.05) is 91.9 Å². The monoisotopic (exact) mass is 534 g/mol. The van der Waals surface area contributed by atoms with Gasteiger partial charge < -0.3 is 15.0 Å². The van der Waals surface area contributed by atoms with Crippen LogP contribution in [0.5, 0.6) is 5.75 Å². The number of fused-ring (bicyclic) bond motifs is 2. The first-order chi connectivity index (χ1) is 19.4. The van der Waals surface area contributed by atoms with Gasteiger partial charge in [-0.25, -0.2) is 9.78 Å². The van der Waals surface area contributed by atoms with Crippen LogP contribution in [-0.4, -0.2) is 34.1 Å². The summed E-state index contributed by atoms with van der Waals surface area (Å²) in [5.74, 6) is 1.22. The molecule has 0 saturated carbocycles. The number of hydrogen-bond donors (Lipinski definition) is 1. The zero-order valence-corrected chi connectivity index (χ0v) is 23.3. The van der Waals surface area contributed by atoms with Gasteiger partial charge in [0, 0.05) is 11.9 Å². The van der Waals surface area contributed by atoms with Gasteiger partial charge in [0.25, 0.3) is 5.56 Å². The molecule has 204 valence electrons. The Labute approximate surface area is 234 Å². The second-order valence-electron chi connectivity index (χ2n) is 10.2. The predicted molar refractivity (Wildman–Crippen MR) is 161 cm³/mol. The van der Waals surface area contributed by atoms with Crippen molar-refractivity contribution in [2.24, 2.45) is 5.92 Å². The molecule has 0 aliphatic heterocycles. The average molecular weight is 535 g/mol. The van der Waals surface area contributed by atoms with E-state index in [1.54, 1.807) is 22.6 Å². The standard InChI is InChI=1S/C33H34N4O3/c1-5-28(36(21-22(2)3)33(39)35-26-18-12-14-23-13-6-7-15-24(23)26)31-34-27-17-9-8-16-25(27)32(38)37(31)29-19-10-11-20-30(29)40-4/h6-20,22,28H,5,21H2,1-4H3,(H,35,39). The number of anilines is 1. The summed E-state index contributed by atoms with van der Waals surface area (Å²) in [6, 6.07) is 27.8. The fourth-order valence-electron chi connectivity index (χ4n) is 5.23. The highest BCUT2D eigenvalue weighted by molar-refractivity contribution is 6.01. The van der Waals surface area contributed by atoms with E-state index < -0.39 is 6.04 Å². The zero-order valence-electron chi connectivity index (χ0n) is 23.3. The molecule has 0 aliphatic rings. The lowest BCUT2D eigenvalue weighted by Crippen LogP contribution is -2.42. The second kappa shape index (κ2) is 11.6. The number of carbonyl (C=O) groups is 1. The lowest BCUT2D eigenvalue weighted by molar-refractivity contribution is 0.171. The quantitative estimate of drug-likeness (QED) is 0.229. The van der Waals surface area contributed by atoms with Crippen molar-refractivity contribution < 1.29 is 9.53 Å². The minimum atomic E-state index is -0.486. The van der Waals surface area contributed by atoms with Crippen molar-refractivity contribution in [1.82, 2.24) is 14.5 Å². The van der Waals surface area contributed by atoms with Gasteiger partial charge in [0.15, 0.2) is 0 Å². The third-order valence-electron chi connectivity index (χ3n) is 7.04. The number of nitrogens with zero attached hydrogens (tertiary/aromatic N) is 3. The third-order valence-corrected chi connectivity index (χ3v) is 7.04. The van der Waals surface area contributed by atoms with Gasteiger partial charge in [-0.15, -0.1) is 0 Å². The van der Waals surface area contributed by atoms with Crippen LogP contribution < -0.4 is 15.6 Å². The van der Waals surface area contributed by atoms with Crippen LogP contribution in [0, 0.1) is 5.92 Å². The number of aromatic nitrogens is 2. The van der Waals surface area contributed by atoms with E-state index in [0.29, 0.717) is 41.1 Å². The average Bonchev–Trinajstić information content (AvgIpc) is 2.97. The summed E-state index contributed by atoms with van der Waals surface area (Å²) >= 11 is 0. The number of nitrogens with one attached hydrogen (secondary N) is 1. The minimum absolute atomic E-state index is 0.180. The van der Waals surface area contributed by atoms with Crippen molar-refractivity contribution in [2.45, 2.75) is 33.2 Å². The van der Waals surface area contributed by atoms with E-state index in [2.05, 4.69) is 19.2 Å². The van der Waals surface area contributed by atoms with Gasteiger partial charge in [-0.2, -0.15) is 0 Å². The lowest BCUT2D eigenvalue weighted by atomic mass is 10.1. The first-order valence-electron chi connectivity index (χ1n) is 13.6. The summed E-state index contributed by atoms with van der Waals surface area (Å²) < 4.78 is 7.25. The molecule has 0 saturated heterocycles. The highest BCUT2D eigenvalue weighted by Gasteiger charge is 2.30. The van der Waals surface area contributed by atoms with Gasteiger partial charge in [-0.05, 0) is 48.1 Å². The smallest absolute Gasteiger partial charge is 0.322 e. The molecular formula is C33H34N4O3. The largest absolute Gasteiger partial charge is 0.495 e. The number of urea groups is 1. The molecule has 0 radical (unpaired) electrons. The Kier molecular flexibility index (Phi) is 7.82. The van der Waals surface area contributed by atoms with Crippen LogP contribution in [-0.2, 0) is 0 Å². The topological polar surface area (TPSA) is 76.5 Å². The van der Waals surface area contributed by atoms with Gasteiger partial charge in [-0.1, -0.05) is 81.4 Å². The molecule has 1 N–H and O–H groups in total. The summed E-state index contributed by atoms with van der Waals surface area (Å²) in [4.78, 5) is 34.9. The maximum absolute atomic E-state index is 14.1. The van der Waals surface area contributed by atoms with Crippen LogP contribution in [0.15, 0.2) is 95.8 Å². The lowest BCUT2D eigenvalue weighted by Gasteiger charge is -2.34. The molecule has 4 aromatic carbocycles. The second-order valence-corrected chi connectivity index (χ2v) is 10.2. The SMILES string of the molecule is CCC(c1nc2ccccc2c(=O)n1-c1ccccc1OC)N(CC(C)C)C(=O)Nc1cccc2ccccc12. The molecule has 5 rings (SSSR count). The number of ether oxygens (including phenoxy) is 1. The maximum Gasteiger partial charge on any atom is 0.322 e. The van der Waals surface area contributed by atoms with Gasteiger partial charge in [0.1, 0.15) is 11.6 Å². The Hall–Kier alpha value is -4.65. The Morgan fingerprint density at radius 3 is 2.35 bits per heavy atom. The highest BCUT2D eigenvalue weighted by atomic mass is 16.5. The van der Waals surface area contributed by atoms with Crippen molar-refractivity contribution in [3.05, 3.63) is 107 Å². The van der Waals surface area contributed by atoms with E-state index in [0.717, 1.165) is 16.5 Å². The first-order valence-corrected chi connectivity index (χ1v) is 13.6. The minimum Gasteiger partial charge on any atom is -0.495 e. The van der Waals surface area contributed by atoms with Gasteiger partial charge in [0.2, 0.25) is 0 Å². The van der Waals surface area contributed by atoms with E-state index in [9.17, 15) is 9.59 Å². The number of hydrogen-bond acceptors (Lipinski definition) is 4. The van der Waals surface area contributed by atoms with E-state index in [-0.39, 0.29) is 17.5 Å². The summed E-state index contributed by atoms with van der Waals surface area (Å²) in [5.41, 5.74) is 1.70. The predicted octanol–water partition coefficient (Wildman–Crippen LogP) is 7.19. The van der Waals surface area contributed by atoms with E-state index >= 15 is 0 Å². The van der Waals surface area contributed by atoms with Crippen LogP contribution in [0.25, 0.3) is 27.4 Å². The molecule has 1 unspecified atom stereocenters. The molecule has 7 heteroatoms. The van der Waals surface area contributed by atoms with Crippen molar-refractivity contribution in [1.29, 1.82) is 0 Å². The highest BCUT2D eigenvalue weighted by Crippen LogP contribution is 2.31. The molecule has 0 fully saturated rings. The Morgan fingerprint density at radius 1 is 0.925 bits per heavy atom. The van der Waals surface area contributed by atoms with Crippen LogP contribution in [0.3, 0.4) is 0 Å². The first kappa shape index (κ1) is 26.9. The molecule has 0 aliphatic carbocycles. The fraction of sp³-hybridized carbons (Fsp3) is 0.242. The van der Waals surface area contributed by atoms with E-state index in [4.69, 9.17) is 9.72 Å². The molecule has 1 heterocycles. The van der Waals surface area contributed by atoms with Gasteiger partial charge in [-0.3, -0.25) is 9.36 Å². The van der Waals surface area contributed by atoms with Crippen molar-refractivity contribution in [2.75, 3.05) is 19.0 Å². The van der Waals surface area contributed by atoms with Crippen LogP contribution in [0.2, 0.25) is 0 Å². The number of carbonyl (C=O) groups excluding carboxylic acids is 1. The van der Waals surface area contributed by atoms with Crippen LogP contribution >= 0.6 is 0 Å². The normalized spacial score (nSPS) is 12.0. The maximum atomic E-state index is 14.1.